The van der Waals surface area contributed by atoms with Gasteiger partial charge >= 0.3 is 0 Å². The average molecular weight is 223 g/mol. The lowest BCUT2D eigenvalue weighted by atomic mass is 9.74. The fraction of sp³-hybridized carbons (Fsp3) is 0.615. The highest BCUT2D eigenvalue weighted by Crippen LogP contribution is 2.37. The molecule has 0 spiro atoms. The van der Waals surface area contributed by atoms with E-state index >= 15 is 0 Å². The maximum Gasteiger partial charge on any atom is 0.209 e. The summed E-state index contributed by atoms with van der Waals surface area (Å²) in [4.78, 5) is 3.63. The van der Waals surface area contributed by atoms with Gasteiger partial charge in [-0.1, -0.05) is 6.08 Å². The molecule has 1 unspecified atom stereocenters. The second-order valence-electron chi connectivity index (χ2n) is 5.06. The summed E-state index contributed by atoms with van der Waals surface area (Å²) in [6, 6.07) is 0. The molecule has 2 nitrogen and oxygen atoms in total. The van der Waals surface area contributed by atoms with Crippen molar-refractivity contribution in [1.82, 2.24) is 0 Å². The standard InChI is InChI=1S/C13H18FNO/c1-13(16)6-4-10(5-7-13)11-3-2-8-15-12(14)9-11/h2-3,8-11,16H,4-7H2,1H3. The minimum atomic E-state index is -0.524. The van der Waals surface area contributed by atoms with Gasteiger partial charge in [-0.3, -0.25) is 0 Å². The monoisotopic (exact) mass is 223 g/mol. The van der Waals surface area contributed by atoms with E-state index in [0.29, 0.717) is 5.92 Å². The Kier molecular flexibility index (Phi) is 3.24. The molecular formula is C13H18FNO. The van der Waals surface area contributed by atoms with Crippen molar-refractivity contribution in [3.63, 3.8) is 0 Å². The predicted molar refractivity (Wildman–Crippen MR) is 62.9 cm³/mol. The molecule has 0 saturated heterocycles. The van der Waals surface area contributed by atoms with E-state index in [4.69, 9.17) is 0 Å². The highest BCUT2D eigenvalue weighted by atomic mass is 19.1. The predicted octanol–water partition coefficient (Wildman–Crippen LogP) is 3.00. The van der Waals surface area contributed by atoms with Gasteiger partial charge in [-0.2, -0.15) is 4.39 Å². The number of rotatable bonds is 1. The third-order valence-corrected chi connectivity index (χ3v) is 3.60. The molecule has 0 amide bonds. The number of aliphatic imine (C=N–C) groups is 1. The van der Waals surface area contributed by atoms with Gasteiger partial charge in [0.1, 0.15) is 0 Å². The second kappa shape index (κ2) is 4.50. The van der Waals surface area contributed by atoms with Crippen molar-refractivity contribution in [2.75, 3.05) is 0 Å². The molecule has 0 aromatic heterocycles. The first-order valence-corrected chi connectivity index (χ1v) is 5.87. The van der Waals surface area contributed by atoms with Crippen molar-refractivity contribution in [1.29, 1.82) is 0 Å². The van der Waals surface area contributed by atoms with Crippen LogP contribution in [0.15, 0.2) is 29.2 Å². The van der Waals surface area contributed by atoms with Crippen LogP contribution in [0.5, 0.6) is 0 Å². The maximum atomic E-state index is 13.2. The Morgan fingerprint density at radius 3 is 2.81 bits per heavy atom. The van der Waals surface area contributed by atoms with Crippen LogP contribution in [0.2, 0.25) is 0 Å². The number of hydrogen-bond donors (Lipinski definition) is 1. The summed E-state index contributed by atoms with van der Waals surface area (Å²) < 4.78 is 13.2. The van der Waals surface area contributed by atoms with Crippen LogP contribution < -0.4 is 0 Å². The summed E-state index contributed by atoms with van der Waals surface area (Å²) >= 11 is 0. The summed E-state index contributed by atoms with van der Waals surface area (Å²) in [6.45, 7) is 1.88. The lowest BCUT2D eigenvalue weighted by Crippen LogP contribution is -2.32. The topological polar surface area (TPSA) is 32.6 Å². The van der Waals surface area contributed by atoms with Crippen LogP contribution in [0.4, 0.5) is 4.39 Å². The van der Waals surface area contributed by atoms with E-state index in [9.17, 15) is 9.50 Å². The summed E-state index contributed by atoms with van der Waals surface area (Å²) in [5, 5.41) is 9.87. The van der Waals surface area contributed by atoms with Crippen molar-refractivity contribution < 1.29 is 9.50 Å². The maximum absolute atomic E-state index is 13.2. The van der Waals surface area contributed by atoms with Gasteiger partial charge in [0.2, 0.25) is 5.95 Å². The quantitative estimate of drug-likeness (QED) is 0.681. The van der Waals surface area contributed by atoms with Crippen LogP contribution in [0, 0.1) is 11.8 Å². The summed E-state index contributed by atoms with van der Waals surface area (Å²) in [6.07, 6.45) is 10.4. The molecule has 1 atom stereocenters. The van der Waals surface area contributed by atoms with Crippen LogP contribution in [0.3, 0.4) is 0 Å². The Morgan fingerprint density at radius 1 is 1.44 bits per heavy atom. The van der Waals surface area contributed by atoms with E-state index in [1.807, 2.05) is 13.0 Å². The number of hydrogen-bond acceptors (Lipinski definition) is 2. The zero-order chi connectivity index (χ0) is 11.6. The molecule has 0 radical (unpaired) electrons. The van der Waals surface area contributed by atoms with Crippen molar-refractivity contribution in [3.05, 3.63) is 24.2 Å². The van der Waals surface area contributed by atoms with Gasteiger partial charge in [0.05, 0.1) is 5.60 Å². The molecule has 16 heavy (non-hydrogen) atoms. The molecule has 0 aromatic carbocycles. The van der Waals surface area contributed by atoms with Crippen LogP contribution in [-0.2, 0) is 0 Å². The van der Waals surface area contributed by atoms with Gasteiger partial charge in [0.15, 0.2) is 0 Å². The Hall–Kier alpha value is -0.960. The van der Waals surface area contributed by atoms with Crippen LogP contribution in [-0.4, -0.2) is 16.9 Å². The van der Waals surface area contributed by atoms with Crippen molar-refractivity contribution >= 4 is 6.21 Å². The molecular weight excluding hydrogens is 205 g/mol. The van der Waals surface area contributed by atoms with Crippen LogP contribution in [0.25, 0.3) is 0 Å². The molecule has 3 heteroatoms. The van der Waals surface area contributed by atoms with Gasteiger partial charge in [0, 0.05) is 12.1 Å². The van der Waals surface area contributed by atoms with Gasteiger partial charge in [-0.15, -0.1) is 0 Å². The molecule has 1 aliphatic heterocycles. The van der Waals surface area contributed by atoms with Crippen LogP contribution >= 0.6 is 0 Å². The molecule has 0 aromatic rings. The Bertz CT molecular complexity index is 334. The molecule has 1 saturated carbocycles. The minimum absolute atomic E-state index is 0.124. The molecule has 1 fully saturated rings. The van der Waals surface area contributed by atoms with Gasteiger partial charge < -0.3 is 5.11 Å². The van der Waals surface area contributed by atoms with Crippen molar-refractivity contribution in [3.8, 4) is 0 Å². The SMILES string of the molecule is CC1(O)CCC(C2C=CC=NC(F)=C2)CC1. The van der Waals surface area contributed by atoms with E-state index in [0.717, 1.165) is 25.7 Å². The van der Waals surface area contributed by atoms with E-state index < -0.39 is 11.6 Å². The molecule has 1 aliphatic carbocycles. The second-order valence-corrected chi connectivity index (χ2v) is 5.06. The largest absolute Gasteiger partial charge is 0.390 e. The first kappa shape index (κ1) is 11.5. The zero-order valence-electron chi connectivity index (χ0n) is 9.56. The number of halogens is 1. The fourth-order valence-electron chi connectivity index (χ4n) is 2.49. The smallest absolute Gasteiger partial charge is 0.209 e. The van der Waals surface area contributed by atoms with E-state index in [2.05, 4.69) is 4.99 Å². The highest BCUT2D eigenvalue weighted by molar-refractivity contribution is 5.72. The summed E-state index contributed by atoms with van der Waals surface area (Å²) in [5.41, 5.74) is -0.524. The third kappa shape index (κ3) is 2.79. The highest BCUT2D eigenvalue weighted by Gasteiger charge is 2.31. The van der Waals surface area contributed by atoms with Gasteiger partial charge in [-0.25, -0.2) is 4.99 Å². The first-order chi connectivity index (χ1) is 7.57. The molecule has 1 heterocycles. The van der Waals surface area contributed by atoms with Gasteiger partial charge in [-0.05, 0) is 50.7 Å². The Labute approximate surface area is 95.6 Å². The minimum Gasteiger partial charge on any atom is -0.390 e. The van der Waals surface area contributed by atoms with Gasteiger partial charge in [0.25, 0.3) is 0 Å². The number of nitrogens with zero attached hydrogens (tertiary/aromatic N) is 1. The number of allylic oxidation sites excluding steroid dienone is 3. The van der Waals surface area contributed by atoms with E-state index in [-0.39, 0.29) is 5.92 Å². The van der Waals surface area contributed by atoms with E-state index in [1.165, 1.54) is 6.21 Å². The third-order valence-electron chi connectivity index (χ3n) is 3.60. The normalized spacial score (nSPS) is 39.3. The molecule has 0 bridgehead atoms. The molecule has 1 N–H and O–H groups in total. The van der Waals surface area contributed by atoms with Crippen molar-refractivity contribution in [2.24, 2.45) is 16.8 Å². The Balaban J connectivity index is 2.01. The first-order valence-electron chi connectivity index (χ1n) is 5.87. The van der Waals surface area contributed by atoms with E-state index in [1.54, 1.807) is 12.2 Å². The molecule has 88 valence electrons. The molecule has 2 rings (SSSR count). The van der Waals surface area contributed by atoms with Crippen molar-refractivity contribution in [2.45, 2.75) is 38.2 Å². The average Bonchev–Trinajstić information content (AvgIpc) is 2.43. The fourth-order valence-corrected chi connectivity index (χ4v) is 2.49. The molecule has 2 aliphatic rings. The Morgan fingerprint density at radius 2 is 2.12 bits per heavy atom. The number of aliphatic hydroxyl groups is 1. The summed E-state index contributed by atoms with van der Waals surface area (Å²) in [5.74, 6) is 0.162. The summed E-state index contributed by atoms with van der Waals surface area (Å²) in [7, 11) is 0. The lowest BCUT2D eigenvalue weighted by Gasteiger charge is -2.35. The van der Waals surface area contributed by atoms with Crippen LogP contribution in [0.1, 0.15) is 32.6 Å². The lowest BCUT2D eigenvalue weighted by molar-refractivity contribution is 0.00468. The zero-order valence-corrected chi connectivity index (χ0v) is 9.56.